The van der Waals surface area contributed by atoms with Gasteiger partial charge in [-0.1, -0.05) is 219 Å². The van der Waals surface area contributed by atoms with Crippen LogP contribution < -0.4 is 0 Å². The molecule has 5 heteroatoms. The Kier molecular flexibility index (Phi) is 42.9. The summed E-state index contributed by atoms with van der Waals surface area (Å²) in [5.74, 6) is -0.588. The number of aliphatic hydroxyl groups is 1. The molecule has 0 bridgehead atoms. The number of carbonyl (C=O) groups excluding carboxylic acids is 2. The second-order valence-corrected chi connectivity index (χ2v) is 15.8. The fourth-order valence-electron chi connectivity index (χ4n) is 7.02. The maximum absolute atomic E-state index is 12.2. The van der Waals surface area contributed by atoms with Crippen LogP contribution in [0.15, 0.2) is 12.2 Å². The van der Waals surface area contributed by atoms with Gasteiger partial charge in [0.2, 0.25) is 0 Å². The molecule has 0 aliphatic carbocycles. The second kappa shape index (κ2) is 44.0. The molecule has 0 radical (unpaired) electrons. The Morgan fingerprint density at radius 1 is 0.423 bits per heavy atom. The molecule has 0 aliphatic rings. The van der Waals surface area contributed by atoms with Crippen LogP contribution >= 0.6 is 0 Å². The van der Waals surface area contributed by atoms with E-state index in [2.05, 4.69) is 26.0 Å². The number of rotatable bonds is 43. The standard InChI is InChI=1S/C47H90O5/c1-3-5-7-9-11-13-15-17-18-19-20-21-22-23-24-25-26-27-28-29-30-32-33-35-37-39-41-46(49)51-44-45(43-48)52-47(50)42-40-38-36-34-31-16-14-12-10-8-6-4-2/h12,14,45,48H,3-11,13,15-44H2,1-2H3/b14-12-. The molecule has 0 aromatic rings. The van der Waals surface area contributed by atoms with Gasteiger partial charge < -0.3 is 14.6 Å². The molecule has 1 unspecified atom stereocenters. The third-order valence-corrected chi connectivity index (χ3v) is 10.6. The summed E-state index contributed by atoms with van der Waals surface area (Å²) in [5.41, 5.74) is 0. The zero-order valence-electron chi connectivity index (χ0n) is 35.1. The first kappa shape index (κ1) is 50.6. The predicted octanol–water partition coefficient (Wildman–Crippen LogP) is 14.9. The van der Waals surface area contributed by atoms with Gasteiger partial charge in [0, 0.05) is 12.8 Å². The van der Waals surface area contributed by atoms with Crippen LogP contribution in [0.3, 0.4) is 0 Å². The van der Waals surface area contributed by atoms with E-state index in [1.807, 2.05) is 0 Å². The van der Waals surface area contributed by atoms with Crippen molar-refractivity contribution >= 4 is 11.9 Å². The third-order valence-electron chi connectivity index (χ3n) is 10.6. The summed E-state index contributed by atoms with van der Waals surface area (Å²) in [7, 11) is 0. The van der Waals surface area contributed by atoms with Crippen LogP contribution in [0.4, 0.5) is 0 Å². The number of hydrogen-bond acceptors (Lipinski definition) is 5. The maximum Gasteiger partial charge on any atom is 0.306 e. The highest BCUT2D eigenvalue weighted by Gasteiger charge is 2.16. The van der Waals surface area contributed by atoms with Gasteiger partial charge in [0.05, 0.1) is 6.61 Å². The molecule has 52 heavy (non-hydrogen) atoms. The summed E-state index contributed by atoms with van der Waals surface area (Å²) >= 11 is 0. The first-order valence-electron chi connectivity index (χ1n) is 23.2. The van der Waals surface area contributed by atoms with Crippen molar-refractivity contribution in [1.29, 1.82) is 0 Å². The molecule has 0 saturated heterocycles. The Morgan fingerprint density at radius 3 is 1.08 bits per heavy atom. The first-order chi connectivity index (χ1) is 25.6. The smallest absolute Gasteiger partial charge is 0.306 e. The molecular formula is C47H90O5. The molecular weight excluding hydrogens is 645 g/mol. The van der Waals surface area contributed by atoms with Crippen molar-refractivity contribution in [2.75, 3.05) is 13.2 Å². The Labute approximate surface area is 324 Å². The molecule has 5 nitrogen and oxygen atoms in total. The molecule has 0 fully saturated rings. The molecule has 0 amide bonds. The summed E-state index contributed by atoms with van der Waals surface area (Å²) in [6.07, 6.45) is 51.6. The number of hydrogen-bond donors (Lipinski definition) is 1. The first-order valence-corrected chi connectivity index (χ1v) is 23.2. The van der Waals surface area contributed by atoms with E-state index in [0.717, 1.165) is 38.5 Å². The van der Waals surface area contributed by atoms with Gasteiger partial charge in [0.25, 0.3) is 0 Å². The lowest BCUT2D eigenvalue weighted by atomic mass is 10.0. The van der Waals surface area contributed by atoms with Gasteiger partial charge in [-0.2, -0.15) is 0 Å². The lowest BCUT2D eigenvalue weighted by Gasteiger charge is -2.15. The molecule has 1 N–H and O–H groups in total. The molecule has 1 atom stereocenters. The van der Waals surface area contributed by atoms with Crippen LogP contribution in [-0.4, -0.2) is 36.4 Å². The number of carbonyl (C=O) groups is 2. The highest BCUT2D eigenvalue weighted by molar-refractivity contribution is 5.70. The lowest BCUT2D eigenvalue weighted by Crippen LogP contribution is -2.28. The maximum atomic E-state index is 12.2. The minimum atomic E-state index is -0.769. The highest BCUT2D eigenvalue weighted by Crippen LogP contribution is 2.17. The lowest BCUT2D eigenvalue weighted by molar-refractivity contribution is -0.161. The summed E-state index contributed by atoms with van der Waals surface area (Å²) < 4.78 is 10.6. The quantitative estimate of drug-likeness (QED) is 0.0383. The number of ether oxygens (including phenoxy) is 2. The van der Waals surface area contributed by atoms with E-state index in [-0.39, 0.29) is 25.2 Å². The Morgan fingerprint density at radius 2 is 0.712 bits per heavy atom. The Bertz CT molecular complexity index is 750. The summed E-state index contributed by atoms with van der Waals surface area (Å²) in [6.45, 7) is 4.14. The van der Waals surface area contributed by atoms with Crippen molar-refractivity contribution in [2.24, 2.45) is 0 Å². The van der Waals surface area contributed by atoms with E-state index in [1.165, 1.54) is 193 Å². The van der Waals surface area contributed by atoms with Gasteiger partial charge in [0.15, 0.2) is 6.10 Å². The Balaban J connectivity index is 3.41. The predicted molar refractivity (Wildman–Crippen MR) is 224 cm³/mol. The van der Waals surface area contributed by atoms with Gasteiger partial charge >= 0.3 is 11.9 Å². The van der Waals surface area contributed by atoms with Gasteiger partial charge in [0.1, 0.15) is 6.61 Å². The topological polar surface area (TPSA) is 72.8 Å². The van der Waals surface area contributed by atoms with Crippen molar-refractivity contribution in [3.63, 3.8) is 0 Å². The minimum Gasteiger partial charge on any atom is -0.462 e. The number of allylic oxidation sites excluding steroid dienone is 2. The molecule has 0 aromatic heterocycles. The van der Waals surface area contributed by atoms with Gasteiger partial charge in [-0.3, -0.25) is 9.59 Å². The third kappa shape index (κ3) is 41.4. The SMILES string of the molecule is CCCCC/C=C\CCCCCCCC(=O)OC(CO)COC(=O)CCCCCCCCCCCCCCCCCCCCCCCCCCCC. The van der Waals surface area contributed by atoms with Crippen molar-refractivity contribution in [2.45, 2.75) is 264 Å². The van der Waals surface area contributed by atoms with E-state index < -0.39 is 6.10 Å². The fourth-order valence-corrected chi connectivity index (χ4v) is 7.02. The second-order valence-electron chi connectivity index (χ2n) is 15.8. The van der Waals surface area contributed by atoms with E-state index in [9.17, 15) is 14.7 Å². The number of aliphatic hydroxyl groups excluding tert-OH is 1. The van der Waals surface area contributed by atoms with Crippen LogP contribution in [0.2, 0.25) is 0 Å². The van der Waals surface area contributed by atoms with Crippen LogP contribution in [0.1, 0.15) is 258 Å². The van der Waals surface area contributed by atoms with Crippen molar-refractivity contribution in [3.8, 4) is 0 Å². The minimum absolute atomic E-state index is 0.0630. The molecule has 308 valence electrons. The normalized spacial score (nSPS) is 12.1. The van der Waals surface area contributed by atoms with E-state index in [0.29, 0.717) is 12.8 Å². The monoisotopic (exact) mass is 735 g/mol. The van der Waals surface area contributed by atoms with Crippen molar-refractivity contribution < 1.29 is 24.2 Å². The summed E-state index contributed by atoms with van der Waals surface area (Å²) in [5, 5.41) is 9.56. The van der Waals surface area contributed by atoms with Crippen LogP contribution in [-0.2, 0) is 19.1 Å². The van der Waals surface area contributed by atoms with Gasteiger partial charge in [-0.05, 0) is 38.5 Å². The number of esters is 2. The molecule has 0 spiro atoms. The Hall–Kier alpha value is -1.36. The molecule has 0 aromatic carbocycles. The van der Waals surface area contributed by atoms with Crippen molar-refractivity contribution in [3.05, 3.63) is 12.2 Å². The molecule has 0 heterocycles. The molecule has 0 saturated carbocycles. The van der Waals surface area contributed by atoms with Crippen molar-refractivity contribution in [1.82, 2.24) is 0 Å². The van der Waals surface area contributed by atoms with E-state index in [4.69, 9.17) is 9.47 Å². The molecule has 0 rings (SSSR count). The van der Waals surface area contributed by atoms with E-state index >= 15 is 0 Å². The van der Waals surface area contributed by atoms with Crippen LogP contribution in [0.25, 0.3) is 0 Å². The largest absolute Gasteiger partial charge is 0.462 e. The van der Waals surface area contributed by atoms with Gasteiger partial charge in [-0.15, -0.1) is 0 Å². The highest BCUT2D eigenvalue weighted by atomic mass is 16.6. The zero-order valence-corrected chi connectivity index (χ0v) is 35.1. The summed E-state index contributed by atoms with van der Waals surface area (Å²) in [4.78, 5) is 24.3. The van der Waals surface area contributed by atoms with Crippen LogP contribution in [0.5, 0.6) is 0 Å². The zero-order chi connectivity index (χ0) is 37.8. The fraction of sp³-hybridized carbons (Fsp3) is 0.915. The average Bonchev–Trinajstić information content (AvgIpc) is 3.15. The summed E-state index contributed by atoms with van der Waals surface area (Å²) in [6, 6.07) is 0. The molecule has 0 aliphatic heterocycles. The van der Waals surface area contributed by atoms with Crippen LogP contribution in [0, 0.1) is 0 Å². The van der Waals surface area contributed by atoms with Gasteiger partial charge in [-0.25, -0.2) is 0 Å². The average molecular weight is 735 g/mol. The van der Waals surface area contributed by atoms with E-state index in [1.54, 1.807) is 0 Å². The number of unbranched alkanes of at least 4 members (excludes halogenated alkanes) is 33.